The standard InChI is InChI=1S/C8H16O4/c1-5-7(10)8(2,11-3)4-6(9)12-5/h5-7,9-10H,4H2,1-3H3/t5-,6+,7+,8+/m0/s1. The minimum absolute atomic E-state index is 0.301. The third kappa shape index (κ3) is 1.61. The average Bonchev–Trinajstić information content (AvgIpc) is 2.00. The minimum atomic E-state index is -0.839. The molecule has 1 saturated heterocycles. The van der Waals surface area contributed by atoms with Crippen LogP contribution in [0, 0.1) is 0 Å². The van der Waals surface area contributed by atoms with Crippen LogP contribution < -0.4 is 0 Å². The van der Waals surface area contributed by atoms with E-state index in [4.69, 9.17) is 9.47 Å². The molecule has 0 spiro atoms. The molecule has 2 N–H and O–H groups in total. The highest BCUT2D eigenvalue weighted by Crippen LogP contribution is 2.30. The fourth-order valence-corrected chi connectivity index (χ4v) is 1.54. The topological polar surface area (TPSA) is 58.9 Å². The SMILES string of the molecule is CO[C@]1(C)C[C@H](O)O[C@@H](C)[C@H]1O. The molecule has 4 nitrogen and oxygen atoms in total. The first-order valence-electron chi connectivity index (χ1n) is 4.06. The number of hydrogen-bond acceptors (Lipinski definition) is 4. The average molecular weight is 176 g/mol. The van der Waals surface area contributed by atoms with Crippen molar-refractivity contribution in [1.82, 2.24) is 0 Å². The normalized spacial score (nSPS) is 49.2. The van der Waals surface area contributed by atoms with Crippen molar-refractivity contribution in [2.24, 2.45) is 0 Å². The summed E-state index contributed by atoms with van der Waals surface area (Å²) in [4.78, 5) is 0. The van der Waals surface area contributed by atoms with E-state index in [0.717, 1.165) is 0 Å². The number of methoxy groups -OCH3 is 1. The molecule has 1 aliphatic rings. The van der Waals surface area contributed by atoms with Gasteiger partial charge in [-0.2, -0.15) is 0 Å². The molecule has 12 heavy (non-hydrogen) atoms. The van der Waals surface area contributed by atoms with Gasteiger partial charge in [0.2, 0.25) is 0 Å². The highest BCUT2D eigenvalue weighted by atomic mass is 16.6. The summed E-state index contributed by atoms with van der Waals surface area (Å²) in [5.41, 5.74) is -0.697. The summed E-state index contributed by atoms with van der Waals surface area (Å²) in [5, 5.41) is 18.9. The van der Waals surface area contributed by atoms with Crippen molar-refractivity contribution in [1.29, 1.82) is 0 Å². The third-order valence-corrected chi connectivity index (χ3v) is 2.49. The third-order valence-electron chi connectivity index (χ3n) is 2.49. The molecule has 1 fully saturated rings. The van der Waals surface area contributed by atoms with Crippen molar-refractivity contribution in [2.45, 2.75) is 44.4 Å². The predicted octanol–water partition coefficient (Wildman–Crippen LogP) is -0.120. The van der Waals surface area contributed by atoms with E-state index >= 15 is 0 Å². The maximum absolute atomic E-state index is 9.65. The molecule has 4 heteroatoms. The lowest BCUT2D eigenvalue weighted by molar-refractivity contribution is -0.263. The monoisotopic (exact) mass is 176 g/mol. The maximum Gasteiger partial charge on any atom is 0.157 e. The highest BCUT2D eigenvalue weighted by molar-refractivity contribution is 4.91. The summed E-state index contributed by atoms with van der Waals surface area (Å²) in [6, 6.07) is 0. The summed E-state index contributed by atoms with van der Waals surface area (Å²) in [6.45, 7) is 3.48. The van der Waals surface area contributed by atoms with Crippen LogP contribution in [0.2, 0.25) is 0 Å². The lowest BCUT2D eigenvalue weighted by Crippen LogP contribution is -2.55. The van der Waals surface area contributed by atoms with Crippen molar-refractivity contribution < 1.29 is 19.7 Å². The number of aliphatic hydroxyl groups is 2. The Morgan fingerprint density at radius 1 is 1.50 bits per heavy atom. The van der Waals surface area contributed by atoms with Crippen molar-refractivity contribution in [3.05, 3.63) is 0 Å². The maximum atomic E-state index is 9.65. The van der Waals surface area contributed by atoms with Crippen LogP contribution in [0.5, 0.6) is 0 Å². The minimum Gasteiger partial charge on any atom is -0.387 e. The van der Waals surface area contributed by atoms with Crippen LogP contribution in [0.15, 0.2) is 0 Å². The second kappa shape index (κ2) is 3.30. The van der Waals surface area contributed by atoms with Crippen molar-refractivity contribution >= 4 is 0 Å². The molecule has 0 saturated carbocycles. The van der Waals surface area contributed by atoms with Gasteiger partial charge in [0.05, 0.1) is 11.7 Å². The van der Waals surface area contributed by atoms with E-state index < -0.39 is 24.1 Å². The Morgan fingerprint density at radius 2 is 2.08 bits per heavy atom. The van der Waals surface area contributed by atoms with Crippen LogP contribution in [0.25, 0.3) is 0 Å². The zero-order valence-electron chi connectivity index (χ0n) is 7.65. The van der Waals surface area contributed by atoms with Crippen molar-refractivity contribution in [3.63, 3.8) is 0 Å². The molecule has 0 aliphatic carbocycles. The molecule has 72 valence electrons. The van der Waals surface area contributed by atoms with Gasteiger partial charge in [-0.05, 0) is 13.8 Å². The van der Waals surface area contributed by atoms with Gasteiger partial charge in [0.15, 0.2) is 6.29 Å². The molecule has 0 radical (unpaired) electrons. The Morgan fingerprint density at radius 3 is 2.58 bits per heavy atom. The van der Waals surface area contributed by atoms with Crippen LogP contribution in [0.4, 0.5) is 0 Å². The summed E-state index contributed by atoms with van der Waals surface area (Å²) >= 11 is 0. The molecule has 0 unspecified atom stereocenters. The van der Waals surface area contributed by atoms with Gasteiger partial charge in [-0.3, -0.25) is 0 Å². The van der Waals surface area contributed by atoms with E-state index in [1.807, 2.05) is 0 Å². The zero-order valence-corrected chi connectivity index (χ0v) is 7.65. The molecule has 0 amide bonds. The Hall–Kier alpha value is -0.160. The Balaban J connectivity index is 2.72. The predicted molar refractivity (Wildman–Crippen MR) is 42.6 cm³/mol. The van der Waals surface area contributed by atoms with Gasteiger partial charge in [0, 0.05) is 13.5 Å². The quantitative estimate of drug-likeness (QED) is 0.584. The van der Waals surface area contributed by atoms with Gasteiger partial charge in [-0.1, -0.05) is 0 Å². The van der Waals surface area contributed by atoms with Gasteiger partial charge >= 0.3 is 0 Å². The Labute approximate surface area is 72.1 Å². The molecule has 1 aliphatic heterocycles. The summed E-state index contributed by atoms with van der Waals surface area (Å²) in [7, 11) is 1.52. The van der Waals surface area contributed by atoms with Crippen molar-refractivity contribution in [3.8, 4) is 0 Å². The number of ether oxygens (including phenoxy) is 2. The summed E-state index contributed by atoms with van der Waals surface area (Å²) in [5.74, 6) is 0. The molecule has 0 aromatic rings. The largest absolute Gasteiger partial charge is 0.387 e. The molecule has 4 atom stereocenters. The Kier molecular flexibility index (Phi) is 2.73. The van der Waals surface area contributed by atoms with Crippen LogP contribution in [-0.4, -0.2) is 41.4 Å². The second-order valence-electron chi connectivity index (χ2n) is 3.46. The van der Waals surface area contributed by atoms with Gasteiger partial charge in [-0.25, -0.2) is 0 Å². The van der Waals surface area contributed by atoms with Gasteiger partial charge in [0.1, 0.15) is 6.10 Å². The number of aliphatic hydroxyl groups excluding tert-OH is 2. The van der Waals surface area contributed by atoms with Crippen LogP contribution in [-0.2, 0) is 9.47 Å². The van der Waals surface area contributed by atoms with E-state index in [-0.39, 0.29) is 0 Å². The first-order valence-corrected chi connectivity index (χ1v) is 4.06. The Bertz CT molecular complexity index is 161. The van der Waals surface area contributed by atoms with Crippen molar-refractivity contribution in [2.75, 3.05) is 7.11 Å². The summed E-state index contributed by atoms with van der Waals surface area (Å²) in [6.07, 6.45) is -1.62. The van der Waals surface area contributed by atoms with Gasteiger partial charge in [0.25, 0.3) is 0 Å². The fraction of sp³-hybridized carbons (Fsp3) is 1.00. The molecular formula is C8H16O4. The lowest BCUT2D eigenvalue weighted by Gasteiger charge is -2.42. The number of rotatable bonds is 1. The number of hydrogen-bond donors (Lipinski definition) is 2. The highest BCUT2D eigenvalue weighted by Gasteiger charge is 2.44. The summed E-state index contributed by atoms with van der Waals surface area (Å²) < 4.78 is 10.2. The zero-order chi connectivity index (χ0) is 9.35. The molecular weight excluding hydrogens is 160 g/mol. The van der Waals surface area contributed by atoms with Crippen LogP contribution >= 0.6 is 0 Å². The van der Waals surface area contributed by atoms with E-state index in [9.17, 15) is 10.2 Å². The molecule has 1 heterocycles. The molecule has 1 rings (SSSR count). The first-order chi connectivity index (χ1) is 5.49. The van der Waals surface area contributed by atoms with E-state index in [1.165, 1.54) is 7.11 Å². The van der Waals surface area contributed by atoms with E-state index in [0.29, 0.717) is 6.42 Å². The van der Waals surface area contributed by atoms with Crippen LogP contribution in [0.1, 0.15) is 20.3 Å². The van der Waals surface area contributed by atoms with E-state index in [1.54, 1.807) is 13.8 Å². The second-order valence-corrected chi connectivity index (χ2v) is 3.46. The smallest absolute Gasteiger partial charge is 0.157 e. The fourth-order valence-electron chi connectivity index (χ4n) is 1.54. The van der Waals surface area contributed by atoms with Gasteiger partial charge < -0.3 is 19.7 Å². The molecule has 0 bridgehead atoms. The lowest BCUT2D eigenvalue weighted by atomic mass is 9.89. The van der Waals surface area contributed by atoms with Crippen LogP contribution in [0.3, 0.4) is 0 Å². The first kappa shape index (κ1) is 9.92. The van der Waals surface area contributed by atoms with Gasteiger partial charge in [-0.15, -0.1) is 0 Å². The molecule has 0 aromatic heterocycles. The van der Waals surface area contributed by atoms with E-state index in [2.05, 4.69) is 0 Å². The molecule has 0 aromatic carbocycles.